The molecular formula is C23H28F2N2O2. The molecule has 2 unspecified atom stereocenters. The van der Waals surface area contributed by atoms with Crippen molar-refractivity contribution in [2.45, 2.75) is 52.1 Å². The van der Waals surface area contributed by atoms with E-state index in [0.29, 0.717) is 25.8 Å². The summed E-state index contributed by atoms with van der Waals surface area (Å²) in [6, 6.07) is 10.8. The molecule has 1 aliphatic rings. The van der Waals surface area contributed by atoms with E-state index < -0.39 is 6.09 Å². The SMILES string of the molecule is CC(C)(C)C1CC(Nc2ccc(F)cc2Cc2ccc(F)cc2)CCN1C(=O)O. The molecule has 1 heterocycles. The number of amides is 1. The van der Waals surface area contributed by atoms with Crippen molar-refractivity contribution in [1.82, 2.24) is 4.90 Å². The first-order valence-electron chi connectivity index (χ1n) is 9.92. The van der Waals surface area contributed by atoms with Crippen LogP contribution in [0, 0.1) is 17.0 Å². The van der Waals surface area contributed by atoms with Crippen LogP contribution in [0.4, 0.5) is 19.3 Å². The van der Waals surface area contributed by atoms with Gasteiger partial charge in [-0.05, 0) is 66.1 Å². The van der Waals surface area contributed by atoms with Gasteiger partial charge in [0.05, 0.1) is 0 Å². The molecule has 2 atom stereocenters. The molecule has 6 heteroatoms. The molecular weight excluding hydrogens is 374 g/mol. The fourth-order valence-electron chi connectivity index (χ4n) is 4.04. The summed E-state index contributed by atoms with van der Waals surface area (Å²) in [5.74, 6) is -0.620. The van der Waals surface area contributed by atoms with E-state index >= 15 is 0 Å². The summed E-state index contributed by atoms with van der Waals surface area (Å²) in [5.41, 5.74) is 2.34. The number of nitrogens with zero attached hydrogens (tertiary/aromatic N) is 1. The molecule has 1 aliphatic heterocycles. The molecule has 4 nitrogen and oxygen atoms in total. The predicted molar refractivity (Wildman–Crippen MR) is 110 cm³/mol. The number of carbonyl (C=O) groups is 1. The normalized spacial score (nSPS) is 19.8. The van der Waals surface area contributed by atoms with Crippen molar-refractivity contribution in [1.29, 1.82) is 0 Å². The van der Waals surface area contributed by atoms with Gasteiger partial charge in [0, 0.05) is 24.3 Å². The molecule has 1 fully saturated rings. The van der Waals surface area contributed by atoms with Gasteiger partial charge in [0.1, 0.15) is 11.6 Å². The van der Waals surface area contributed by atoms with Gasteiger partial charge in [0.25, 0.3) is 0 Å². The van der Waals surface area contributed by atoms with Crippen LogP contribution in [0.15, 0.2) is 42.5 Å². The Hall–Kier alpha value is -2.63. The number of benzene rings is 2. The van der Waals surface area contributed by atoms with Gasteiger partial charge in [-0.15, -0.1) is 0 Å². The van der Waals surface area contributed by atoms with Crippen LogP contribution in [0.1, 0.15) is 44.7 Å². The van der Waals surface area contributed by atoms with E-state index in [9.17, 15) is 18.7 Å². The van der Waals surface area contributed by atoms with Gasteiger partial charge in [-0.25, -0.2) is 13.6 Å². The average Bonchev–Trinajstić information content (AvgIpc) is 2.65. The Morgan fingerprint density at radius 3 is 2.41 bits per heavy atom. The van der Waals surface area contributed by atoms with Gasteiger partial charge in [-0.1, -0.05) is 32.9 Å². The fourth-order valence-corrected chi connectivity index (χ4v) is 4.04. The van der Waals surface area contributed by atoms with Crippen molar-refractivity contribution in [2.75, 3.05) is 11.9 Å². The highest BCUT2D eigenvalue weighted by atomic mass is 19.1. The van der Waals surface area contributed by atoms with E-state index in [2.05, 4.69) is 5.32 Å². The summed E-state index contributed by atoms with van der Waals surface area (Å²) in [6.45, 7) is 6.61. The first-order chi connectivity index (χ1) is 13.6. The molecule has 0 aromatic heterocycles. The van der Waals surface area contributed by atoms with Gasteiger partial charge in [0.2, 0.25) is 0 Å². The minimum absolute atomic E-state index is 0.0901. The molecule has 3 rings (SSSR count). The van der Waals surface area contributed by atoms with Gasteiger partial charge < -0.3 is 15.3 Å². The number of likely N-dealkylation sites (tertiary alicyclic amines) is 1. The van der Waals surface area contributed by atoms with E-state index in [1.165, 1.54) is 29.2 Å². The smallest absolute Gasteiger partial charge is 0.407 e. The lowest BCUT2D eigenvalue weighted by Gasteiger charge is -2.45. The van der Waals surface area contributed by atoms with Crippen LogP contribution >= 0.6 is 0 Å². The lowest BCUT2D eigenvalue weighted by atomic mass is 9.79. The number of hydrogen-bond donors (Lipinski definition) is 2. The zero-order chi connectivity index (χ0) is 21.2. The Morgan fingerprint density at radius 2 is 1.79 bits per heavy atom. The van der Waals surface area contributed by atoms with Crippen LogP contribution in [0.2, 0.25) is 0 Å². The highest BCUT2D eigenvalue weighted by Crippen LogP contribution is 2.34. The molecule has 1 amide bonds. The van der Waals surface area contributed by atoms with Crippen molar-refractivity contribution >= 4 is 11.8 Å². The molecule has 0 spiro atoms. The summed E-state index contributed by atoms with van der Waals surface area (Å²) in [4.78, 5) is 13.2. The summed E-state index contributed by atoms with van der Waals surface area (Å²) >= 11 is 0. The lowest BCUT2D eigenvalue weighted by molar-refractivity contribution is 0.0557. The van der Waals surface area contributed by atoms with E-state index in [0.717, 1.165) is 16.8 Å². The predicted octanol–water partition coefficient (Wildman–Crippen LogP) is 5.52. The highest BCUT2D eigenvalue weighted by Gasteiger charge is 2.38. The Balaban J connectivity index is 1.79. The van der Waals surface area contributed by atoms with E-state index in [1.54, 1.807) is 18.2 Å². The standard InChI is InChI=1S/C23H28F2N2O2/c1-23(2,3)21-14-19(10-11-27(21)22(28)29)26-20-9-8-18(25)13-16(20)12-15-4-6-17(24)7-5-15/h4-9,13,19,21,26H,10-12,14H2,1-3H3,(H,28,29). The van der Waals surface area contributed by atoms with Crippen molar-refractivity contribution in [3.05, 3.63) is 65.2 Å². The van der Waals surface area contributed by atoms with Crippen LogP contribution in [-0.2, 0) is 6.42 Å². The fraction of sp³-hybridized carbons (Fsp3) is 0.435. The second-order valence-electron chi connectivity index (χ2n) is 8.83. The molecule has 2 N–H and O–H groups in total. The molecule has 1 saturated heterocycles. The van der Waals surface area contributed by atoms with Crippen molar-refractivity contribution in [3.63, 3.8) is 0 Å². The van der Waals surface area contributed by atoms with Crippen molar-refractivity contribution in [3.8, 4) is 0 Å². The molecule has 0 aliphatic carbocycles. The zero-order valence-electron chi connectivity index (χ0n) is 17.1. The molecule has 29 heavy (non-hydrogen) atoms. The van der Waals surface area contributed by atoms with E-state index in [4.69, 9.17) is 0 Å². The number of carboxylic acid groups (broad SMARTS) is 1. The van der Waals surface area contributed by atoms with Crippen molar-refractivity contribution in [2.24, 2.45) is 5.41 Å². The Bertz CT molecular complexity index is 862. The van der Waals surface area contributed by atoms with Crippen LogP contribution in [0.5, 0.6) is 0 Å². The Kier molecular flexibility index (Phi) is 6.10. The summed E-state index contributed by atoms with van der Waals surface area (Å²) in [7, 11) is 0. The minimum atomic E-state index is -0.887. The third-order valence-electron chi connectivity index (χ3n) is 5.58. The largest absolute Gasteiger partial charge is 0.465 e. The maximum Gasteiger partial charge on any atom is 0.407 e. The van der Waals surface area contributed by atoms with E-state index in [-0.39, 0.29) is 29.1 Å². The number of halogens is 2. The number of anilines is 1. The first kappa shape index (κ1) is 21.1. The minimum Gasteiger partial charge on any atom is -0.465 e. The monoisotopic (exact) mass is 402 g/mol. The maximum absolute atomic E-state index is 13.9. The topological polar surface area (TPSA) is 52.6 Å². The average molecular weight is 402 g/mol. The van der Waals surface area contributed by atoms with Crippen LogP contribution in [0.25, 0.3) is 0 Å². The van der Waals surface area contributed by atoms with Gasteiger partial charge in [-0.2, -0.15) is 0 Å². The second kappa shape index (κ2) is 8.39. The maximum atomic E-state index is 13.9. The van der Waals surface area contributed by atoms with E-state index in [1.807, 2.05) is 20.8 Å². The number of nitrogens with one attached hydrogen (secondary N) is 1. The van der Waals surface area contributed by atoms with Crippen LogP contribution < -0.4 is 5.32 Å². The molecule has 2 aromatic carbocycles. The summed E-state index contributed by atoms with van der Waals surface area (Å²) in [6.07, 6.45) is 0.967. The zero-order valence-corrected chi connectivity index (χ0v) is 17.1. The molecule has 0 radical (unpaired) electrons. The third kappa shape index (κ3) is 5.25. The molecule has 2 aromatic rings. The Morgan fingerprint density at radius 1 is 1.14 bits per heavy atom. The quantitative estimate of drug-likeness (QED) is 0.708. The lowest BCUT2D eigenvalue weighted by Crippen LogP contribution is -2.54. The number of piperidine rings is 1. The van der Waals surface area contributed by atoms with Crippen molar-refractivity contribution < 1.29 is 18.7 Å². The van der Waals surface area contributed by atoms with Crippen LogP contribution in [0.3, 0.4) is 0 Å². The number of hydrogen-bond acceptors (Lipinski definition) is 2. The Labute approximate surface area is 170 Å². The van der Waals surface area contributed by atoms with Gasteiger partial charge in [-0.3, -0.25) is 0 Å². The second-order valence-corrected chi connectivity index (χ2v) is 8.83. The summed E-state index contributed by atoms with van der Waals surface area (Å²) in [5, 5.41) is 13.1. The third-order valence-corrected chi connectivity index (χ3v) is 5.58. The molecule has 156 valence electrons. The first-order valence-corrected chi connectivity index (χ1v) is 9.92. The van der Waals surface area contributed by atoms with Gasteiger partial charge in [0.15, 0.2) is 0 Å². The summed E-state index contributed by atoms with van der Waals surface area (Å²) < 4.78 is 27.1. The molecule has 0 bridgehead atoms. The van der Waals surface area contributed by atoms with Crippen LogP contribution in [-0.4, -0.2) is 34.7 Å². The molecule has 0 saturated carbocycles. The highest BCUT2D eigenvalue weighted by molar-refractivity contribution is 5.66. The number of rotatable bonds is 4. The van der Waals surface area contributed by atoms with Gasteiger partial charge >= 0.3 is 6.09 Å².